The second-order valence-electron chi connectivity index (χ2n) is 15.3. The van der Waals surface area contributed by atoms with Gasteiger partial charge in [-0.1, -0.05) is 62.3 Å². The molecule has 0 aliphatic carbocycles. The lowest BCUT2D eigenvalue weighted by Crippen LogP contribution is -2.54. The molecule has 1 aromatic heterocycles. The Labute approximate surface area is 233 Å². The molecular weight excluding hydrogens is 533 g/mol. The fraction of sp³-hybridized carbons (Fsp3) is 0.852. The molecule has 38 heavy (non-hydrogen) atoms. The van der Waals surface area contributed by atoms with E-state index in [1.165, 1.54) is 16.8 Å². The highest BCUT2D eigenvalue weighted by Crippen LogP contribution is 2.46. The summed E-state index contributed by atoms with van der Waals surface area (Å²) in [5.74, 6) is 0. The van der Waals surface area contributed by atoms with E-state index in [4.69, 9.17) is 18.0 Å². The first kappa shape index (κ1) is 33.4. The van der Waals surface area contributed by atoms with Crippen molar-refractivity contribution >= 4 is 25.0 Å². The maximum absolute atomic E-state index is 13.0. The van der Waals surface area contributed by atoms with Gasteiger partial charge in [-0.05, 0) is 54.4 Å². The second kappa shape index (κ2) is 10.9. The van der Waals surface area contributed by atoms with Crippen LogP contribution in [0.25, 0.3) is 0 Å². The number of aromatic nitrogens is 2. The van der Waals surface area contributed by atoms with Crippen LogP contribution in [0.2, 0.25) is 54.4 Å². The number of H-pyrrole nitrogens is 1. The van der Waals surface area contributed by atoms with Crippen molar-refractivity contribution in [1.29, 1.82) is 0 Å². The Morgan fingerprint density at radius 3 is 1.66 bits per heavy atom. The largest absolute Gasteiger partial charge is 0.414 e. The van der Waals surface area contributed by atoms with Gasteiger partial charge in [-0.3, -0.25) is 14.3 Å². The van der Waals surface area contributed by atoms with E-state index in [0.29, 0.717) is 6.61 Å². The third-order valence-electron chi connectivity index (χ3n) is 9.30. The molecule has 0 radical (unpaired) electrons. The molecule has 2 rings (SSSR count). The van der Waals surface area contributed by atoms with Crippen molar-refractivity contribution in [3.05, 3.63) is 33.1 Å². The van der Waals surface area contributed by atoms with E-state index < -0.39 is 60.7 Å². The third kappa shape index (κ3) is 7.27. The standard InChI is InChI=1S/C27H54N2O6Si3/c1-25(2,3)36(10,11)32-18-19-21(34-37(12,13)26(4,5)6)22(35-38(14,15)27(7,8)9)23(33-19)29-17-16-20(30)28-24(29)31/h16-17,19,21-23H,18H2,1-15H3,(H,28,30,31)/t19-,21-,22-,23-/m1/s1. The van der Waals surface area contributed by atoms with Crippen molar-refractivity contribution in [2.45, 2.75) is 141 Å². The van der Waals surface area contributed by atoms with Crippen molar-refractivity contribution in [3.8, 4) is 0 Å². The van der Waals surface area contributed by atoms with Gasteiger partial charge in [0, 0.05) is 12.3 Å². The Hall–Kier alpha value is -0.829. The van der Waals surface area contributed by atoms with E-state index in [1.54, 1.807) is 0 Å². The van der Waals surface area contributed by atoms with E-state index in [-0.39, 0.29) is 15.1 Å². The van der Waals surface area contributed by atoms with Gasteiger partial charge in [-0.15, -0.1) is 0 Å². The molecule has 0 saturated carbocycles. The monoisotopic (exact) mass is 586 g/mol. The molecule has 2 heterocycles. The van der Waals surface area contributed by atoms with Crippen LogP contribution in [0.3, 0.4) is 0 Å². The van der Waals surface area contributed by atoms with Crippen molar-refractivity contribution in [2.24, 2.45) is 0 Å². The minimum atomic E-state index is -2.32. The van der Waals surface area contributed by atoms with Gasteiger partial charge in [-0.2, -0.15) is 0 Å². The smallest absolute Gasteiger partial charge is 0.330 e. The average Bonchev–Trinajstić information content (AvgIpc) is 3.00. The highest BCUT2D eigenvalue weighted by Gasteiger charge is 2.55. The lowest BCUT2D eigenvalue weighted by atomic mass is 10.1. The normalized spacial score (nSPS) is 24.2. The SMILES string of the molecule is CC(C)(C)[Si](C)(C)OC[C@H]1O[C@@H](n2ccc(=O)[nH]c2=O)[C@H](O[Si](C)(C)C(C)(C)C)[C@@H]1O[Si](C)(C)C(C)(C)C. The predicted molar refractivity (Wildman–Crippen MR) is 163 cm³/mol. The fourth-order valence-electron chi connectivity index (χ4n) is 3.50. The van der Waals surface area contributed by atoms with Crippen LogP contribution >= 0.6 is 0 Å². The van der Waals surface area contributed by atoms with E-state index in [9.17, 15) is 9.59 Å². The van der Waals surface area contributed by atoms with Gasteiger partial charge >= 0.3 is 5.69 Å². The first-order chi connectivity index (χ1) is 16.8. The Balaban J connectivity index is 2.65. The quantitative estimate of drug-likeness (QED) is 0.363. The van der Waals surface area contributed by atoms with Crippen LogP contribution in [-0.4, -0.2) is 59.4 Å². The zero-order valence-corrected chi connectivity index (χ0v) is 29.6. The summed E-state index contributed by atoms with van der Waals surface area (Å²) >= 11 is 0. The molecule has 0 unspecified atom stereocenters. The van der Waals surface area contributed by atoms with Crippen molar-refractivity contribution in [2.75, 3.05) is 6.61 Å². The highest BCUT2D eigenvalue weighted by molar-refractivity contribution is 6.75. The van der Waals surface area contributed by atoms with Crippen molar-refractivity contribution in [1.82, 2.24) is 9.55 Å². The Morgan fingerprint density at radius 1 is 0.789 bits per heavy atom. The lowest BCUT2D eigenvalue weighted by Gasteiger charge is -2.44. The number of hydrogen-bond donors (Lipinski definition) is 1. The molecule has 4 atom stereocenters. The molecule has 220 valence electrons. The summed E-state index contributed by atoms with van der Waals surface area (Å²) < 4.78 is 28.8. The molecule has 1 fully saturated rings. The summed E-state index contributed by atoms with van der Waals surface area (Å²) in [6.07, 6.45) is -0.665. The molecule has 1 aliphatic rings. The number of aromatic amines is 1. The predicted octanol–water partition coefficient (Wildman–Crippen LogP) is 6.24. The molecule has 0 spiro atoms. The number of nitrogens with one attached hydrogen (secondary N) is 1. The van der Waals surface area contributed by atoms with Crippen LogP contribution in [0.1, 0.15) is 68.5 Å². The Kier molecular flexibility index (Phi) is 9.54. The van der Waals surface area contributed by atoms with E-state index >= 15 is 0 Å². The fourth-order valence-corrected chi connectivity index (χ4v) is 7.12. The van der Waals surface area contributed by atoms with E-state index in [2.05, 4.69) is 107 Å². The average molecular weight is 587 g/mol. The zero-order valence-electron chi connectivity index (χ0n) is 26.6. The van der Waals surface area contributed by atoms with Gasteiger partial charge in [-0.25, -0.2) is 4.79 Å². The van der Waals surface area contributed by atoms with Crippen LogP contribution in [-0.2, 0) is 18.0 Å². The number of rotatable bonds is 8. The minimum Gasteiger partial charge on any atom is -0.414 e. The highest BCUT2D eigenvalue weighted by atomic mass is 28.4. The summed E-state index contributed by atoms with van der Waals surface area (Å²) in [5.41, 5.74) is -0.971. The second-order valence-corrected chi connectivity index (χ2v) is 29.7. The van der Waals surface area contributed by atoms with Gasteiger partial charge in [0.15, 0.2) is 31.2 Å². The summed E-state index contributed by atoms with van der Waals surface area (Å²) in [6.45, 7) is 33.5. The molecule has 1 N–H and O–H groups in total. The third-order valence-corrected chi connectivity index (χ3v) is 22.7. The molecule has 0 aromatic carbocycles. The maximum atomic E-state index is 13.0. The van der Waals surface area contributed by atoms with Gasteiger partial charge < -0.3 is 18.0 Å². The molecule has 1 aromatic rings. The van der Waals surface area contributed by atoms with Crippen LogP contribution in [0.4, 0.5) is 0 Å². The van der Waals surface area contributed by atoms with Gasteiger partial charge in [0.05, 0.1) is 6.61 Å². The molecule has 1 aliphatic heterocycles. The van der Waals surface area contributed by atoms with Crippen molar-refractivity contribution in [3.63, 3.8) is 0 Å². The molecule has 11 heteroatoms. The van der Waals surface area contributed by atoms with Gasteiger partial charge in [0.1, 0.15) is 18.3 Å². The van der Waals surface area contributed by atoms with Crippen molar-refractivity contribution < 1.29 is 18.0 Å². The molecule has 0 amide bonds. The number of nitrogens with zero attached hydrogens (tertiary/aromatic N) is 1. The minimum absolute atomic E-state index is 0.0354. The number of hydrogen-bond acceptors (Lipinski definition) is 6. The topological polar surface area (TPSA) is 91.8 Å². The summed E-state index contributed by atoms with van der Waals surface area (Å²) in [6, 6.07) is 1.34. The molecule has 8 nitrogen and oxygen atoms in total. The number of ether oxygens (including phenoxy) is 1. The zero-order chi connectivity index (χ0) is 29.7. The lowest BCUT2D eigenvalue weighted by molar-refractivity contribution is -0.0510. The van der Waals surface area contributed by atoms with E-state index in [1.807, 2.05) is 0 Å². The van der Waals surface area contributed by atoms with Crippen LogP contribution in [0.15, 0.2) is 21.9 Å². The summed E-state index contributed by atoms with van der Waals surface area (Å²) in [7, 11) is -6.68. The van der Waals surface area contributed by atoms with Crippen LogP contribution in [0, 0.1) is 0 Å². The maximum Gasteiger partial charge on any atom is 0.330 e. The Bertz CT molecular complexity index is 1080. The van der Waals surface area contributed by atoms with Gasteiger partial charge in [0.25, 0.3) is 5.56 Å². The summed E-state index contributed by atoms with van der Waals surface area (Å²) in [4.78, 5) is 27.2. The molecular formula is C27H54N2O6Si3. The first-order valence-electron chi connectivity index (χ1n) is 13.8. The summed E-state index contributed by atoms with van der Waals surface area (Å²) in [5, 5.41) is -0.0648. The van der Waals surface area contributed by atoms with Crippen LogP contribution in [0.5, 0.6) is 0 Å². The molecule has 0 bridgehead atoms. The van der Waals surface area contributed by atoms with E-state index in [0.717, 1.165) is 0 Å². The van der Waals surface area contributed by atoms with Gasteiger partial charge in [0.2, 0.25) is 0 Å². The first-order valence-corrected chi connectivity index (χ1v) is 22.5. The molecule has 1 saturated heterocycles. The van der Waals surface area contributed by atoms with Crippen LogP contribution < -0.4 is 11.2 Å². The Morgan fingerprint density at radius 2 is 1.24 bits per heavy atom.